The molecule has 5 N–H and O–H groups in total. The van der Waals surface area contributed by atoms with E-state index in [2.05, 4.69) is 4.74 Å². The van der Waals surface area contributed by atoms with Gasteiger partial charge in [0.1, 0.15) is 6.10 Å². The molecule has 3 unspecified atom stereocenters. The first-order valence-electron chi connectivity index (χ1n) is 3.54. The van der Waals surface area contributed by atoms with E-state index in [9.17, 15) is 5.11 Å². The van der Waals surface area contributed by atoms with Gasteiger partial charge in [-0.2, -0.15) is 0 Å². The number of aliphatic hydroxyl groups is 5. The number of ether oxygens (including phenoxy) is 1. The molecule has 0 bridgehead atoms. The van der Waals surface area contributed by atoms with E-state index in [0.717, 1.165) is 0 Å². The van der Waals surface area contributed by atoms with E-state index in [4.69, 9.17) is 20.4 Å². The molecule has 6 nitrogen and oxygen atoms in total. The lowest BCUT2D eigenvalue weighted by molar-refractivity contribution is -0.355. The third-order valence-corrected chi connectivity index (χ3v) is 1.80. The molecule has 0 spiro atoms. The topological polar surface area (TPSA) is 110 Å². The second-order valence-electron chi connectivity index (χ2n) is 2.87. The van der Waals surface area contributed by atoms with Gasteiger partial charge in [0.2, 0.25) is 0 Å². The van der Waals surface area contributed by atoms with Crippen molar-refractivity contribution in [2.24, 2.45) is 0 Å². The molecule has 1 rings (SSSR count). The molecule has 12 heavy (non-hydrogen) atoms. The van der Waals surface area contributed by atoms with Crippen LogP contribution in [0.4, 0.5) is 0 Å². The minimum atomic E-state index is -1.96. The number of rotatable bonds is 1. The summed E-state index contributed by atoms with van der Waals surface area (Å²) in [6.45, 7) is -0.742. The van der Waals surface area contributed by atoms with E-state index in [0.29, 0.717) is 0 Å². The first-order chi connectivity index (χ1) is 5.48. The Morgan fingerprint density at radius 3 is 2.33 bits per heavy atom. The van der Waals surface area contributed by atoms with Gasteiger partial charge < -0.3 is 30.3 Å². The van der Waals surface area contributed by atoms with Crippen LogP contribution in [0.2, 0.25) is 0 Å². The maximum atomic E-state index is 9.24. The molecular formula is C6H12O6. The highest BCUT2D eigenvalue weighted by molar-refractivity contribution is 4.84. The normalized spacial score (nSPS) is 49.2. The number of hydrogen-bond donors (Lipinski definition) is 5. The van der Waals surface area contributed by atoms with Crippen LogP contribution in [-0.2, 0) is 4.74 Å². The van der Waals surface area contributed by atoms with Crippen molar-refractivity contribution in [3.05, 3.63) is 0 Å². The summed E-state index contributed by atoms with van der Waals surface area (Å²) < 4.78 is 4.46. The molecule has 0 aromatic rings. The van der Waals surface area contributed by atoms with E-state index in [1.165, 1.54) is 0 Å². The minimum Gasteiger partial charge on any atom is -0.391 e. The average Bonchev–Trinajstić information content (AvgIpc) is 2.00. The quantitative estimate of drug-likeness (QED) is 0.296. The largest absolute Gasteiger partial charge is 0.391 e. The zero-order chi connectivity index (χ0) is 9.35. The van der Waals surface area contributed by atoms with E-state index in [1.54, 1.807) is 0 Å². The van der Waals surface area contributed by atoms with Crippen LogP contribution >= 0.6 is 0 Å². The Labute approximate surface area is 68.6 Å². The zero-order valence-corrected chi connectivity index (χ0v) is 6.29. The highest BCUT2D eigenvalue weighted by Crippen LogP contribution is 2.25. The van der Waals surface area contributed by atoms with Crippen LogP contribution in [0.5, 0.6) is 0 Å². The molecule has 0 radical (unpaired) electrons. The molecule has 0 aliphatic carbocycles. The highest BCUT2D eigenvalue weighted by atomic mass is 16.7. The number of aliphatic hydroxyl groups excluding tert-OH is 4. The zero-order valence-electron chi connectivity index (χ0n) is 6.29. The SMILES string of the molecule is OCC1(O)CC(O)C(O)[C@H](O)O1. The van der Waals surface area contributed by atoms with E-state index in [-0.39, 0.29) is 6.42 Å². The van der Waals surface area contributed by atoms with E-state index in [1.807, 2.05) is 0 Å². The summed E-state index contributed by atoms with van der Waals surface area (Å²) in [5.41, 5.74) is 0. The van der Waals surface area contributed by atoms with Crippen molar-refractivity contribution in [2.45, 2.75) is 30.7 Å². The fourth-order valence-electron chi connectivity index (χ4n) is 1.08. The molecule has 1 aliphatic heterocycles. The lowest BCUT2D eigenvalue weighted by atomic mass is 10.0. The van der Waals surface area contributed by atoms with Gasteiger partial charge in [-0.25, -0.2) is 0 Å². The van der Waals surface area contributed by atoms with Crippen LogP contribution in [0.1, 0.15) is 6.42 Å². The van der Waals surface area contributed by atoms with Gasteiger partial charge in [-0.05, 0) is 0 Å². The molecule has 6 heteroatoms. The third kappa shape index (κ3) is 1.74. The van der Waals surface area contributed by atoms with Crippen LogP contribution in [-0.4, -0.2) is 56.4 Å². The predicted molar refractivity (Wildman–Crippen MR) is 35.8 cm³/mol. The second-order valence-corrected chi connectivity index (χ2v) is 2.87. The summed E-state index contributed by atoms with van der Waals surface area (Å²) in [6, 6.07) is 0. The van der Waals surface area contributed by atoms with Crippen LogP contribution < -0.4 is 0 Å². The van der Waals surface area contributed by atoms with Crippen molar-refractivity contribution in [3.8, 4) is 0 Å². The monoisotopic (exact) mass is 180 g/mol. The number of hydrogen-bond acceptors (Lipinski definition) is 6. The summed E-state index contributed by atoms with van der Waals surface area (Å²) >= 11 is 0. The standard InChI is InChI=1S/C6H12O6/c7-2-6(11)1-3(8)4(9)5(10)12-6/h3-5,7-11H,1-2H2/t3?,4?,5-,6?/m1/s1. The Morgan fingerprint density at radius 1 is 1.33 bits per heavy atom. The summed E-state index contributed by atoms with van der Waals surface area (Å²) in [5.74, 6) is -1.96. The van der Waals surface area contributed by atoms with Gasteiger partial charge in [-0.15, -0.1) is 0 Å². The molecule has 0 amide bonds. The van der Waals surface area contributed by atoms with Crippen molar-refractivity contribution >= 4 is 0 Å². The first kappa shape index (κ1) is 9.85. The summed E-state index contributed by atoms with van der Waals surface area (Å²) in [4.78, 5) is 0. The molecule has 1 saturated heterocycles. The Hall–Kier alpha value is -0.240. The maximum Gasteiger partial charge on any atom is 0.194 e. The molecule has 4 atom stereocenters. The third-order valence-electron chi connectivity index (χ3n) is 1.80. The fraction of sp³-hybridized carbons (Fsp3) is 1.00. The Bertz CT molecular complexity index is 148. The minimum absolute atomic E-state index is 0.332. The molecule has 0 saturated carbocycles. The highest BCUT2D eigenvalue weighted by Gasteiger charge is 2.44. The Kier molecular flexibility index (Phi) is 2.67. The molecule has 0 aromatic carbocycles. The lowest BCUT2D eigenvalue weighted by Crippen LogP contribution is -2.56. The predicted octanol–water partition coefficient (Wildman–Crippen LogP) is -2.87. The van der Waals surface area contributed by atoms with Crippen molar-refractivity contribution < 1.29 is 30.3 Å². The van der Waals surface area contributed by atoms with Crippen LogP contribution in [0.25, 0.3) is 0 Å². The molecule has 0 aromatic heterocycles. The summed E-state index contributed by atoms with van der Waals surface area (Å²) in [6.07, 6.45) is -4.75. The van der Waals surface area contributed by atoms with Crippen molar-refractivity contribution in [1.29, 1.82) is 0 Å². The van der Waals surface area contributed by atoms with Gasteiger partial charge in [-0.3, -0.25) is 0 Å². The average molecular weight is 180 g/mol. The van der Waals surface area contributed by atoms with Crippen molar-refractivity contribution in [3.63, 3.8) is 0 Å². The maximum absolute atomic E-state index is 9.24. The summed E-state index contributed by atoms with van der Waals surface area (Å²) in [5, 5.41) is 44.7. The molecule has 1 aliphatic rings. The van der Waals surface area contributed by atoms with E-state index < -0.39 is 30.9 Å². The second kappa shape index (κ2) is 3.25. The first-order valence-corrected chi connectivity index (χ1v) is 3.54. The smallest absolute Gasteiger partial charge is 0.194 e. The fourth-order valence-corrected chi connectivity index (χ4v) is 1.08. The molecule has 1 heterocycles. The van der Waals surface area contributed by atoms with Crippen LogP contribution in [0, 0.1) is 0 Å². The van der Waals surface area contributed by atoms with Crippen LogP contribution in [0.15, 0.2) is 0 Å². The van der Waals surface area contributed by atoms with Crippen molar-refractivity contribution in [1.82, 2.24) is 0 Å². The van der Waals surface area contributed by atoms with Gasteiger partial charge >= 0.3 is 0 Å². The van der Waals surface area contributed by atoms with Gasteiger partial charge in [0.15, 0.2) is 12.1 Å². The Morgan fingerprint density at radius 2 is 1.92 bits per heavy atom. The van der Waals surface area contributed by atoms with E-state index >= 15 is 0 Å². The lowest BCUT2D eigenvalue weighted by Gasteiger charge is -2.38. The van der Waals surface area contributed by atoms with Gasteiger partial charge in [-0.1, -0.05) is 0 Å². The molecular weight excluding hydrogens is 168 g/mol. The molecule has 1 fully saturated rings. The van der Waals surface area contributed by atoms with Gasteiger partial charge in [0.25, 0.3) is 0 Å². The van der Waals surface area contributed by atoms with Gasteiger partial charge in [0.05, 0.1) is 12.7 Å². The van der Waals surface area contributed by atoms with Gasteiger partial charge in [0, 0.05) is 6.42 Å². The molecule has 72 valence electrons. The Balaban J connectivity index is 2.65. The van der Waals surface area contributed by atoms with Crippen LogP contribution in [0.3, 0.4) is 0 Å². The van der Waals surface area contributed by atoms with Crippen molar-refractivity contribution in [2.75, 3.05) is 6.61 Å². The summed E-state index contributed by atoms with van der Waals surface area (Å²) in [7, 11) is 0.